The summed E-state index contributed by atoms with van der Waals surface area (Å²) in [6, 6.07) is 15.8. The molecular formula is C20H18N2O3S. The van der Waals surface area contributed by atoms with Gasteiger partial charge in [-0.25, -0.2) is 9.48 Å². The van der Waals surface area contributed by atoms with Gasteiger partial charge in [0.1, 0.15) is 5.75 Å². The van der Waals surface area contributed by atoms with Crippen LogP contribution in [0, 0.1) is 0 Å². The minimum Gasteiger partial charge on any atom is -0.496 e. The molecule has 5 nitrogen and oxygen atoms in total. The van der Waals surface area contributed by atoms with Crippen molar-refractivity contribution >= 4 is 17.7 Å². The number of methoxy groups -OCH3 is 1. The fourth-order valence-corrected chi connectivity index (χ4v) is 4.32. The largest absolute Gasteiger partial charge is 0.496 e. The maximum Gasteiger partial charge on any atom is 0.359 e. The second kappa shape index (κ2) is 6.88. The van der Waals surface area contributed by atoms with Crippen LogP contribution < -0.4 is 4.74 Å². The Morgan fingerprint density at radius 2 is 2.00 bits per heavy atom. The zero-order chi connectivity index (χ0) is 18.1. The van der Waals surface area contributed by atoms with Crippen LogP contribution in [0.25, 0.3) is 16.9 Å². The van der Waals surface area contributed by atoms with E-state index < -0.39 is 0 Å². The maximum absolute atomic E-state index is 12.5. The van der Waals surface area contributed by atoms with Crippen molar-refractivity contribution in [2.75, 3.05) is 13.7 Å². The van der Waals surface area contributed by atoms with Gasteiger partial charge < -0.3 is 9.47 Å². The number of hydrogen-bond donors (Lipinski definition) is 0. The molecule has 132 valence electrons. The van der Waals surface area contributed by atoms with Crippen molar-refractivity contribution in [2.45, 2.75) is 17.6 Å². The SMILES string of the molecule is CCOC(=O)c1nn(-c2ccccc2)c2c1CSc1c(OC)cccc1-2. The third-order valence-corrected chi connectivity index (χ3v) is 5.41. The molecule has 0 N–H and O–H groups in total. The van der Waals surface area contributed by atoms with Gasteiger partial charge in [-0.3, -0.25) is 0 Å². The Labute approximate surface area is 155 Å². The van der Waals surface area contributed by atoms with E-state index in [1.54, 1.807) is 25.8 Å². The Morgan fingerprint density at radius 1 is 1.19 bits per heavy atom. The molecule has 26 heavy (non-hydrogen) atoms. The van der Waals surface area contributed by atoms with E-state index in [1.165, 1.54) is 0 Å². The first-order chi connectivity index (χ1) is 12.7. The van der Waals surface area contributed by atoms with Crippen LogP contribution in [0.1, 0.15) is 23.0 Å². The number of thioether (sulfide) groups is 1. The molecule has 0 atom stereocenters. The Bertz CT molecular complexity index is 967. The summed E-state index contributed by atoms with van der Waals surface area (Å²) < 4.78 is 12.6. The number of rotatable bonds is 4. The van der Waals surface area contributed by atoms with E-state index in [2.05, 4.69) is 5.10 Å². The lowest BCUT2D eigenvalue weighted by Crippen LogP contribution is -2.08. The first-order valence-corrected chi connectivity index (χ1v) is 9.37. The lowest BCUT2D eigenvalue weighted by molar-refractivity contribution is 0.0518. The van der Waals surface area contributed by atoms with Gasteiger partial charge in [-0.15, -0.1) is 11.8 Å². The summed E-state index contributed by atoms with van der Waals surface area (Å²) in [5, 5.41) is 4.62. The Balaban J connectivity index is 1.98. The molecule has 3 aromatic rings. The first kappa shape index (κ1) is 16.7. The highest BCUT2D eigenvalue weighted by atomic mass is 32.2. The molecule has 0 aliphatic carbocycles. The average molecular weight is 366 g/mol. The molecular weight excluding hydrogens is 348 g/mol. The lowest BCUT2D eigenvalue weighted by Gasteiger charge is -2.20. The summed E-state index contributed by atoms with van der Waals surface area (Å²) in [4.78, 5) is 13.5. The van der Waals surface area contributed by atoms with Gasteiger partial charge in [-0.1, -0.05) is 30.3 Å². The van der Waals surface area contributed by atoms with Gasteiger partial charge in [0.15, 0.2) is 5.69 Å². The number of aromatic nitrogens is 2. The maximum atomic E-state index is 12.5. The van der Waals surface area contributed by atoms with Crippen molar-refractivity contribution < 1.29 is 14.3 Å². The van der Waals surface area contributed by atoms with Crippen molar-refractivity contribution in [3.05, 3.63) is 59.8 Å². The molecule has 1 aliphatic heterocycles. The summed E-state index contributed by atoms with van der Waals surface area (Å²) in [6.07, 6.45) is 0. The second-order valence-electron chi connectivity index (χ2n) is 5.77. The van der Waals surface area contributed by atoms with Crippen LogP contribution in [0.4, 0.5) is 0 Å². The van der Waals surface area contributed by atoms with Gasteiger partial charge >= 0.3 is 5.97 Å². The third kappa shape index (κ3) is 2.66. The summed E-state index contributed by atoms with van der Waals surface area (Å²) in [6.45, 7) is 2.12. The van der Waals surface area contributed by atoms with Crippen molar-refractivity contribution in [2.24, 2.45) is 0 Å². The van der Waals surface area contributed by atoms with E-state index in [0.29, 0.717) is 18.1 Å². The minimum absolute atomic E-state index is 0.323. The minimum atomic E-state index is -0.384. The lowest BCUT2D eigenvalue weighted by atomic mass is 10.0. The van der Waals surface area contributed by atoms with E-state index in [9.17, 15) is 4.79 Å². The topological polar surface area (TPSA) is 53.3 Å². The molecule has 2 heterocycles. The Morgan fingerprint density at radius 3 is 2.73 bits per heavy atom. The molecule has 6 heteroatoms. The van der Waals surface area contributed by atoms with Gasteiger partial charge in [0.05, 0.1) is 30.0 Å². The van der Waals surface area contributed by atoms with E-state index >= 15 is 0 Å². The predicted molar refractivity (Wildman–Crippen MR) is 101 cm³/mol. The summed E-state index contributed by atoms with van der Waals surface area (Å²) in [7, 11) is 1.67. The van der Waals surface area contributed by atoms with E-state index in [4.69, 9.17) is 9.47 Å². The van der Waals surface area contributed by atoms with Crippen molar-refractivity contribution in [1.29, 1.82) is 0 Å². The number of esters is 1. The molecule has 2 aromatic carbocycles. The number of nitrogens with zero attached hydrogens (tertiary/aromatic N) is 2. The van der Waals surface area contributed by atoms with Gasteiger partial charge in [0, 0.05) is 16.9 Å². The molecule has 0 radical (unpaired) electrons. The number of fused-ring (bicyclic) bond motifs is 3. The molecule has 0 fully saturated rings. The van der Waals surface area contributed by atoms with Crippen LogP contribution in [0.3, 0.4) is 0 Å². The molecule has 4 rings (SSSR count). The smallest absolute Gasteiger partial charge is 0.359 e. The van der Waals surface area contributed by atoms with Crippen molar-refractivity contribution in [3.8, 4) is 22.7 Å². The van der Waals surface area contributed by atoms with E-state index in [0.717, 1.165) is 33.2 Å². The van der Waals surface area contributed by atoms with Crippen LogP contribution in [0.2, 0.25) is 0 Å². The Kier molecular flexibility index (Phi) is 4.42. The molecule has 1 aliphatic rings. The number of para-hydroxylation sites is 1. The third-order valence-electron chi connectivity index (χ3n) is 4.27. The average Bonchev–Trinajstić information content (AvgIpc) is 3.08. The van der Waals surface area contributed by atoms with Crippen LogP contribution in [-0.2, 0) is 10.5 Å². The molecule has 0 saturated heterocycles. The summed E-state index contributed by atoms with van der Waals surface area (Å²) in [5.41, 5.74) is 4.12. The number of hydrogen-bond acceptors (Lipinski definition) is 5. The number of benzene rings is 2. The van der Waals surface area contributed by atoms with E-state index in [-0.39, 0.29) is 5.97 Å². The fraction of sp³-hybridized carbons (Fsp3) is 0.200. The van der Waals surface area contributed by atoms with Gasteiger partial charge in [-0.05, 0) is 25.1 Å². The Hall–Kier alpha value is -2.73. The van der Waals surface area contributed by atoms with Gasteiger partial charge in [0.25, 0.3) is 0 Å². The monoisotopic (exact) mass is 366 g/mol. The highest BCUT2D eigenvalue weighted by Crippen LogP contribution is 2.47. The fourth-order valence-electron chi connectivity index (χ4n) is 3.14. The van der Waals surface area contributed by atoms with Crippen molar-refractivity contribution in [3.63, 3.8) is 0 Å². The van der Waals surface area contributed by atoms with Crippen molar-refractivity contribution in [1.82, 2.24) is 9.78 Å². The highest BCUT2D eigenvalue weighted by Gasteiger charge is 2.31. The molecule has 0 saturated carbocycles. The normalized spacial score (nSPS) is 12.2. The number of carbonyl (C=O) groups is 1. The summed E-state index contributed by atoms with van der Waals surface area (Å²) >= 11 is 1.65. The van der Waals surface area contributed by atoms with Crippen LogP contribution in [-0.4, -0.2) is 29.5 Å². The van der Waals surface area contributed by atoms with Gasteiger partial charge in [0.2, 0.25) is 0 Å². The first-order valence-electron chi connectivity index (χ1n) is 8.39. The molecule has 0 amide bonds. The van der Waals surface area contributed by atoms with Crippen LogP contribution in [0.15, 0.2) is 53.4 Å². The van der Waals surface area contributed by atoms with Gasteiger partial charge in [-0.2, -0.15) is 5.10 Å². The molecule has 1 aromatic heterocycles. The predicted octanol–water partition coefficient (Wildman–Crippen LogP) is 4.33. The number of carbonyl (C=O) groups excluding carboxylic acids is 1. The standard InChI is InChI=1S/C20H18N2O3S/c1-3-25-20(23)17-15-12-26-19-14(10-7-11-16(19)24-2)18(15)22(21-17)13-8-5-4-6-9-13/h4-11H,3,12H2,1-2H3. The molecule has 0 bridgehead atoms. The van der Waals surface area contributed by atoms with E-state index in [1.807, 2.05) is 53.2 Å². The zero-order valence-electron chi connectivity index (χ0n) is 14.6. The van der Waals surface area contributed by atoms with Crippen LogP contribution >= 0.6 is 11.8 Å². The van der Waals surface area contributed by atoms with Crippen LogP contribution in [0.5, 0.6) is 5.75 Å². The summed E-state index contributed by atoms with van der Waals surface area (Å²) in [5.74, 6) is 1.09. The molecule has 0 unspecified atom stereocenters. The number of ether oxygens (including phenoxy) is 2. The zero-order valence-corrected chi connectivity index (χ0v) is 15.4. The highest BCUT2D eigenvalue weighted by molar-refractivity contribution is 7.98. The quantitative estimate of drug-likeness (QED) is 0.643. The molecule has 0 spiro atoms. The second-order valence-corrected chi connectivity index (χ2v) is 6.75.